The lowest BCUT2D eigenvalue weighted by molar-refractivity contribution is -0.156. The van der Waals surface area contributed by atoms with E-state index in [2.05, 4.69) is 0 Å². The van der Waals surface area contributed by atoms with Crippen molar-refractivity contribution in [3.63, 3.8) is 0 Å². The van der Waals surface area contributed by atoms with Crippen LogP contribution in [-0.2, 0) is 16.0 Å². The zero-order valence-electron chi connectivity index (χ0n) is 15.5. The van der Waals surface area contributed by atoms with Crippen LogP contribution >= 0.6 is 0 Å². The lowest BCUT2D eigenvalue weighted by Crippen LogP contribution is -2.49. The number of benzene rings is 1. The minimum Gasteiger partial charge on any atom is -0.507 e. The van der Waals surface area contributed by atoms with Gasteiger partial charge in [-0.3, -0.25) is 4.79 Å². The van der Waals surface area contributed by atoms with Crippen LogP contribution in [0.3, 0.4) is 0 Å². The molecule has 0 spiro atoms. The number of hydrogen-bond acceptors (Lipinski definition) is 6. The highest BCUT2D eigenvalue weighted by atomic mass is 16.6. The molecule has 1 N–H and O–H groups in total. The summed E-state index contributed by atoms with van der Waals surface area (Å²) in [7, 11) is 0. The van der Waals surface area contributed by atoms with E-state index in [1.807, 2.05) is 13.8 Å². The van der Waals surface area contributed by atoms with Crippen molar-refractivity contribution in [3.8, 4) is 11.5 Å². The van der Waals surface area contributed by atoms with Crippen LogP contribution < -0.4 is 10.2 Å². The van der Waals surface area contributed by atoms with Gasteiger partial charge >= 0.3 is 5.97 Å². The van der Waals surface area contributed by atoms with Crippen LogP contribution in [-0.4, -0.2) is 22.8 Å². The molecule has 6 nitrogen and oxygen atoms in total. The average molecular weight is 358 g/mol. The number of aromatic hydroxyl groups is 1. The average Bonchev–Trinajstić information content (AvgIpc) is 2.54. The maximum Gasteiger partial charge on any atom is 0.333 e. The lowest BCUT2D eigenvalue weighted by Gasteiger charge is -2.39. The maximum atomic E-state index is 12.3. The van der Waals surface area contributed by atoms with Gasteiger partial charge in [-0.05, 0) is 34.6 Å². The minimum atomic E-state index is -0.805. The Kier molecular flexibility index (Phi) is 4.30. The first-order chi connectivity index (χ1) is 12.1. The molecule has 0 amide bonds. The Labute approximate surface area is 151 Å². The smallest absolute Gasteiger partial charge is 0.333 e. The van der Waals surface area contributed by atoms with Crippen molar-refractivity contribution in [2.24, 2.45) is 0 Å². The molecular formula is C20H22O6. The predicted molar refractivity (Wildman–Crippen MR) is 96.6 cm³/mol. The number of aryl methyl sites for hydroxylation is 1. The van der Waals surface area contributed by atoms with Gasteiger partial charge in [0.25, 0.3) is 0 Å². The molecule has 1 aromatic carbocycles. The summed E-state index contributed by atoms with van der Waals surface area (Å²) in [5, 5.41) is 10.8. The number of fused-ring (bicyclic) bond motifs is 2. The summed E-state index contributed by atoms with van der Waals surface area (Å²) in [6.45, 7) is 8.72. The van der Waals surface area contributed by atoms with Crippen molar-refractivity contribution < 1.29 is 23.8 Å². The van der Waals surface area contributed by atoms with Crippen LogP contribution in [0.1, 0.15) is 39.0 Å². The van der Waals surface area contributed by atoms with Crippen LogP contribution in [0.25, 0.3) is 11.0 Å². The highest BCUT2D eigenvalue weighted by molar-refractivity contribution is 5.88. The SMILES string of the molecule is C/C=C(/C)C(=O)OC1Cc2c(cc3oc(C)cc(=O)c3c2O)OC1(C)C. The maximum absolute atomic E-state index is 12.3. The molecule has 2 aromatic rings. The lowest BCUT2D eigenvalue weighted by atomic mass is 9.89. The van der Waals surface area contributed by atoms with E-state index in [4.69, 9.17) is 13.9 Å². The quantitative estimate of drug-likeness (QED) is 0.654. The first-order valence-corrected chi connectivity index (χ1v) is 8.46. The second kappa shape index (κ2) is 6.20. The Morgan fingerprint density at radius 2 is 2.08 bits per heavy atom. The number of ether oxygens (including phenoxy) is 2. The summed E-state index contributed by atoms with van der Waals surface area (Å²) in [6, 6.07) is 2.94. The third kappa shape index (κ3) is 2.96. The fourth-order valence-corrected chi connectivity index (χ4v) is 3.03. The summed E-state index contributed by atoms with van der Waals surface area (Å²) >= 11 is 0. The molecule has 1 aliphatic heterocycles. The normalized spacial score (nSPS) is 19.0. The first-order valence-electron chi connectivity index (χ1n) is 8.46. The monoisotopic (exact) mass is 358 g/mol. The van der Waals surface area contributed by atoms with Crippen molar-refractivity contribution in [1.29, 1.82) is 0 Å². The van der Waals surface area contributed by atoms with Gasteiger partial charge < -0.3 is 19.0 Å². The second-order valence-electron chi connectivity index (χ2n) is 7.07. The molecule has 0 saturated heterocycles. The molecule has 1 aliphatic rings. The molecule has 1 unspecified atom stereocenters. The fraction of sp³-hybridized carbons (Fsp3) is 0.400. The Bertz CT molecular complexity index is 980. The van der Waals surface area contributed by atoms with Gasteiger partial charge in [0.1, 0.15) is 39.9 Å². The number of carbonyl (C=O) groups excluding carboxylic acids is 1. The van der Waals surface area contributed by atoms with Crippen LogP contribution in [0.15, 0.2) is 33.0 Å². The van der Waals surface area contributed by atoms with Gasteiger partial charge in [-0.2, -0.15) is 0 Å². The third-order valence-electron chi connectivity index (χ3n) is 4.72. The summed E-state index contributed by atoms with van der Waals surface area (Å²) in [6.07, 6.45) is 1.30. The van der Waals surface area contributed by atoms with E-state index in [-0.39, 0.29) is 28.6 Å². The van der Waals surface area contributed by atoms with Crippen LogP contribution in [0.4, 0.5) is 0 Å². The van der Waals surface area contributed by atoms with E-state index in [1.165, 1.54) is 6.07 Å². The Hall–Kier alpha value is -2.76. The zero-order chi connectivity index (χ0) is 19.2. The van der Waals surface area contributed by atoms with Gasteiger partial charge in [-0.15, -0.1) is 0 Å². The van der Waals surface area contributed by atoms with E-state index < -0.39 is 17.7 Å². The molecule has 0 bridgehead atoms. The van der Waals surface area contributed by atoms with E-state index in [0.717, 1.165) is 0 Å². The van der Waals surface area contributed by atoms with E-state index in [1.54, 1.807) is 32.9 Å². The number of hydrogen-bond donors (Lipinski definition) is 1. The Morgan fingerprint density at radius 3 is 2.73 bits per heavy atom. The number of carbonyl (C=O) groups is 1. The first kappa shape index (κ1) is 18.0. The summed E-state index contributed by atoms with van der Waals surface area (Å²) in [5.41, 5.74) is 0.0600. The van der Waals surface area contributed by atoms with E-state index in [0.29, 0.717) is 22.6 Å². The molecular weight excluding hydrogens is 336 g/mol. The molecule has 1 aromatic heterocycles. The van der Waals surface area contributed by atoms with Crippen LogP contribution in [0, 0.1) is 6.92 Å². The van der Waals surface area contributed by atoms with E-state index >= 15 is 0 Å². The van der Waals surface area contributed by atoms with Crippen molar-refractivity contribution in [1.82, 2.24) is 0 Å². The van der Waals surface area contributed by atoms with Gasteiger partial charge in [-0.1, -0.05) is 6.08 Å². The molecule has 3 rings (SSSR count). The number of phenolic OH excluding ortho intramolecular Hbond substituents is 1. The molecule has 138 valence electrons. The molecule has 0 radical (unpaired) electrons. The minimum absolute atomic E-state index is 0.104. The number of phenols is 1. The van der Waals surface area contributed by atoms with Gasteiger partial charge in [0.05, 0.1) is 0 Å². The van der Waals surface area contributed by atoms with Gasteiger partial charge in [0.15, 0.2) is 5.43 Å². The summed E-state index contributed by atoms with van der Waals surface area (Å²) in [5.74, 6) is 0.243. The van der Waals surface area contributed by atoms with Gasteiger partial charge in [0.2, 0.25) is 0 Å². The molecule has 6 heteroatoms. The Morgan fingerprint density at radius 1 is 1.38 bits per heavy atom. The standard InChI is InChI=1S/C20H22O6/c1-6-10(2)19(23)25-16-8-12-14(26-20(16,4)5)9-15-17(18(12)22)13(21)7-11(3)24-15/h6-7,9,16,22H,8H2,1-5H3/b10-6-. The van der Waals surface area contributed by atoms with Gasteiger partial charge in [0, 0.05) is 29.7 Å². The molecule has 0 saturated carbocycles. The fourth-order valence-electron chi connectivity index (χ4n) is 3.03. The topological polar surface area (TPSA) is 86.0 Å². The summed E-state index contributed by atoms with van der Waals surface area (Å²) in [4.78, 5) is 24.4. The highest BCUT2D eigenvalue weighted by Gasteiger charge is 2.41. The van der Waals surface area contributed by atoms with Crippen molar-refractivity contribution in [2.45, 2.75) is 52.7 Å². The van der Waals surface area contributed by atoms with Crippen molar-refractivity contribution in [3.05, 3.63) is 45.3 Å². The largest absolute Gasteiger partial charge is 0.507 e. The van der Waals surface area contributed by atoms with Crippen molar-refractivity contribution >= 4 is 16.9 Å². The highest BCUT2D eigenvalue weighted by Crippen LogP contribution is 2.42. The van der Waals surface area contributed by atoms with Crippen molar-refractivity contribution in [2.75, 3.05) is 0 Å². The van der Waals surface area contributed by atoms with Gasteiger partial charge in [-0.25, -0.2) is 4.79 Å². The Balaban J connectivity index is 2.09. The zero-order valence-corrected chi connectivity index (χ0v) is 15.5. The molecule has 2 heterocycles. The third-order valence-corrected chi connectivity index (χ3v) is 4.72. The van der Waals surface area contributed by atoms with Crippen LogP contribution in [0.5, 0.6) is 11.5 Å². The molecule has 0 aliphatic carbocycles. The number of allylic oxidation sites excluding steroid dienone is 1. The van der Waals surface area contributed by atoms with Crippen LogP contribution in [0.2, 0.25) is 0 Å². The number of rotatable bonds is 2. The summed E-state index contributed by atoms with van der Waals surface area (Å²) < 4.78 is 17.1. The predicted octanol–water partition coefficient (Wildman–Crippen LogP) is 3.40. The molecule has 26 heavy (non-hydrogen) atoms. The van der Waals surface area contributed by atoms with E-state index in [9.17, 15) is 14.7 Å². The molecule has 1 atom stereocenters. The molecule has 0 fully saturated rings. The second-order valence-corrected chi connectivity index (χ2v) is 7.07. The number of esters is 1.